The summed E-state index contributed by atoms with van der Waals surface area (Å²) in [5.74, 6) is -0.543. The summed E-state index contributed by atoms with van der Waals surface area (Å²) in [6, 6.07) is 98.3. The van der Waals surface area contributed by atoms with Crippen LogP contribution in [0.25, 0.3) is 45.5 Å². The van der Waals surface area contributed by atoms with Crippen molar-refractivity contribution < 1.29 is 8.78 Å². The van der Waals surface area contributed by atoms with Gasteiger partial charge in [-0.2, -0.15) is 0 Å². The highest BCUT2D eigenvalue weighted by atomic mass is 28.3. The maximum absolute atomic E-state index is 15.0. The predicted molar refractivity (Wildman–Crippen MR) is 353 cm³/mol. The maximum atomic E-state index is 15.0. The van der Waals surface area contributed by atoms with E-state index in [9.17, 15) is 0 Å². The SMILES string of the molecule is C=Cc1ccc(C2(c3ccc(F)cc3)c3ccccc3-c3ccc(N(c4ccccc4)c4ccc5c(c4)-c4cc(N(c6ccccc6)c6ccc7c(c6)C(c6ccc(F)cc6)(c6ccc(C=C)cc6)c6ccccc6-7)ccc4[Si]5(C)C)cc32)cc1. The lowest BCUT2D eigenvalue weighted by Crippen LogP contribution is -2.49. The van der Waals surface area contributed by atoms with Crippen LogP contribution in [0.5, 0.6) is 0 Å². The van der Waals surface area contributed by atoms with E-state index in [1.165, 1.54) is 21.5 Å². The Hall–Kier alpha value is -10.2. The Bertz CT molecular complexity index is 4320. The van der Waals surface area contributed by atoms with E-state index >= 15 is 8.78 Å². The summed E-state index contributed by atoms with van der Waals surface area (Å²) in [7, 11) is -2.23. The zero-order valence-electron chi connectivity index (χ0n) is 47.3. The molecule has 0 saturated carbocycles. The molecule has 0 fully saturated rings. The standard InChI is InChI=1S/C80H58F2N2Si/c1-5-53-25-29-55(30-26-53)79(57-33-37-59(81)38-34-57)73-23-15-13-21-67(73)69-45-41-65(51-75(69)79)83(61-17-9-7-10-18-61)63-43-47-77-71(49-63)72-50-64(44-48-78(72)85(77,3)4)84(62-19-11-8-12-20-62)66-42-46-70-68-22-14-16-24-74(68)80(76(70)52-66,58-35-39-60(82)40-36-58)56-31-27-54(6-2)28-32-56/h5-52H,1-2H2,3-4H3. The smallest absolute Gasteiger partial charge is 0.123 e. The number of rotatable bonds is 12. The normalized spacial score (nSPS) is 16.3. The molecule has 406 valence electrons. The molecule has 15 rings (SSSR count). The fourth-order valence-corrected chi connectivity index (χ4v) is 17.7. The molecule has 2 nitrogen and oxygen atoms in total. The van der Waals surface area contributed by atoms with E-state index in [0.717, 1.165) is 112 Å². The monoisotopic (exact) mass is 1110 g/mol. The highest BCUT2D eigenvalue weighted by Gasteiger charge is 2.48. The van der Waals surface area contributed by atoms with Crippen molar-refractivity contribution >= 4 is 64.7 Å². The van der Waals surface area contributed by atoms with Gasteiger partial charge in [0.1, 0.15) is 19.7 Å². The van der Waals surface area contributed by atoms with Crippen molar-refractivity contribution in [2.45, 2.75) is 23.9 Å². The molecule has 5 heteroatoms. The number of para-hydroxylation sites is 2. The molecule has 12 aromatic rings. The lowest BCUT2D eigenvalue weighted by atomic mass is 9.67. The highest BCUT2D eigenvalue weighted by Crippen LogP contribution is 2.59. The molecule has 0 saturated heterocycles. The van der Waals surface area contributed by atoms with Gasteiger partial charge in [-0.05, 0) is 196 Å². The van der Waals surface area contributed by atoms with E-state index in [1.807, 2.05) is 36.4 Å². The molecule has 0 aromatic heterocycles. The van der Waals surface area contributed by atoms with E-state index in [-0.39, 0.29) is 11.6 Å². The molecular weight excluding hydrogens is 1050 g/mol. The Morgan fingerprint density at radius 1 is 0.306 bits per heavy atom. The van der Waals surface area contributed by atoms with E-state index in [2.05, 4.69) is 267 Å². The fraction of sp³-hybridized carbons (Fsp3) is 0.0500. The first kappa shape index (κ1) is 51.7. The molecule has 0 amide bonds. The zero-order valence-corrected chi connectivity index (χ0v) is 48.3. The largest absolute Gasteiger partial charge is 0.310 e. The van der Waals surface area contributed by atoms with Crippen LogP contribution in [-0.4, -0.2) is 8.07 Å². The highest BCUT2D eigenvalue weighted by molar-refractivity contribution is 7.03. The summed E-state index contributed by atoms with van der Waals surface area (Å²) in [5, 5.41) is 2.79. The van der Waals surface area contributed by atoms with Crippen LogP contribution in [0.4, 0.5) is 42.9 Å². The average molecular weight is 1110 g/mol. The summed E-state index contributed by atoms with van der Waals surface area (Å²) in [5.41, 5.74) is 22.6. The molecule has 2 aliphatic carbocycles. The van der Waals surface area contributed by atoms with Gasteiger partial charge in [-0.15, -0.1) is 0 Å². The third-order valence-electron chi connectivity index (χ3n) is 18.5. The quantitative estimate of drug-likeness (QED) is 0.113. The molecule has 1 heterocycles. The Labute approximate surface area is 497 Å². The van der Waals surface area contributed by atoms with E-state index in [1.54, 1.807) is 24.3 Å². The number of hydrogen-bond donors (Lipinski definition) is 0. The number of nitrogens with zero attached hydrogens (tertiary/aromatic N) is 2. The summed E-state index contributed by atoms with van der Waals surface area (Å²) in [4.78, 5) is 4.79. The summed E-state index contributed by atoms with van der Waals surface area (Å²) < 4.78 is 30.0. The molecule has 3 aliphatic rings. The first-order valence-electron chi connectivity index (χ1n) is 29.1. The molecular formula is C80H58F2N2Si. The van der Waals surface area contributed by atoms with Gasteiger partial charge >= 0.3 is 0 Å². The van der Waals surface area contributed by atoms with E-state index < -0.39 is 18.9 Å². The Morgan fingerprint density at radius 3 is 1.00 bits per heavy atom. The number of hydrogen-bond acceptors (Lipinski definition) is 2. The summed E-state index contributed by atoms with van der Waals surface area (Å²) >= 11 is 0. The first-order chi connectivity index (χ1) is 41.6. The minimum atomic E-state index is -2.23. The summed E-state index contributed by atoms with van der Waals surface area (Å²) in [6.45, 7) is 13.1. The van der Waals surface area contributed by atoms with Gasteiger partial charge in [-0.1, -0.05) is 220 Å². The van der Waals surface area contributed by atoms with Gasteiger partial charge in [0.15, 0.2) is 0 Å². The Kier molecular flexibility index (Phi) is 12.2. The minimum Gasteiger partial charge on any atom is -0.310 e. The third kappa shape index (κ3) is 7.87. The summed E-state index contributed by atoms with van der Waals surface area (Å²) in [6.07, 6.45) is 3.75. The van der Waals surface area contributed by atoms with Crippen LogP contribution in [0, 0.1) is 11.6 Å². The third-order valence-corrected chi connectivity index (χ3v) is 22.0. The van der Waals surface area contributed by atoms with Crippen LogP contribution >= 0.6 is 0 Å². The Balaban J connectivity index is 0.902. The lowest BCUT2D eigenvalue weighted by molar-refractivity contribution is 0.624. The van der Waals surface area contributed by atoms with Crippen molar-refractivity contribution in [3.63, 3.8) is 0 Å². The topological polar surface area (TPSA) is 6.48 Å². The lowest BCUT2D eigenvalue weighted by Gasteiger charge is -2.35. The van der Waals surface area contributed by atoms with Crippen molar-refractivity contribution in [1.82, 2.24) is 0 Å². The number of fused-ring (bicyclic) bond motifs is 9. The van der Waals surface area contributed by atoms with Gasteiger partial charge in [0.25, 0.3) is 0 Å². The molecule has 1 aliphatic heterocycles. The first-order valence-corrected chi connectivity index (χ1v) is 32.1. The second kappa shape index (κ2) is 20.0. The van der Waals surface area contributed by atoms with E-state index in [0.29, 0.717) is 0 Å². The van der Waals surface area contributed by atoms with Crippen LogP contribution in [-0.2, 0) is 10.8 Å². The van der Waals surface area contributed by atoms with Crippen LogP contribution in [0.2, 0.25) is 13.1 Å². The Morgan fingerprint density at radius 2 is 0.624 bits per heavy atom. The molecule has 0 spiro atoms. The van der Waals surface area contributed by atoms with Gasteiger partial charge in [-0.25, -0.2) is 8.78 Å². The van der Waals surface area contributed by atoms with Crippen LogP contribution in [0.15, 0.2) is 292 Å². The molecule has 2 unspecified atom stereocenters. The fourth-order valence-electron chi connectivity index (χ4n) is 14.6. The molecule has 0 bridgehead atoms. The van der Waals surface area contributed by atoms with Crippen molar-refractivity contribution in [3.8, 4) is 33.4 Å². The maximum Gasteiger partial charge on any atom is 0.123 e. The second-order valence-electron chi connectivity index (χ2n) is 23.1. The minimum absolute atomic E-state index is 0.272. The molecule has 0 N–H and O–H groups in total. The van der Waals surface area contributed by atoms with Crippen LogP contribution < -0.4 is 20.2 Å². The van der Waals surface area contributed by atoms with Gasteiger partial charge in [0.2, 0.25) is 0 Å². The average Bonchev–Trinajstić information content (AvgIpc) is 1.65. The van der Waals surface area contributed by atoms with Crippen molar-refractivity contribution in [2.24, 2.45) is 0 Å². The van der Waals surface area contributed by atoms with Gasteiger partial charge in [0.05, 0.1) is 10.8 Å². The van der Waals surface area contributed by atoms with Crippen LogP contribution in [0.1, 0.15) is 55.6 Å². The van der Waals surface area contributed by atoms with Gasteiger partial charge < -0.3 is 9.80 Å². The van der Waals surface area contributed by atoms with Gasteiger partial charge in [0, 0.05) is 34.1 Å². The molecule has 85 heavy (non-hydrogen) atoms. The van der Waals surface area contributed by atoms with E-state index in [4.69, 9.17) is 0 Å². The van der Waals surface area contributed by atoms with Crippen LogP contribution in [0.3, 0.4) is 0 Å². The van der Waals surface area contributed by atoms with Gasteiger partial charge in [-0.3, -0.25) is 0 Å². The number of halogens is 2. The van der Waals surface area contributed by atoms with Crippen molar-refractivity contribution in [1.29, 1.82) is 0 Å². The predicted octanol–water partition coefficient (Wildman–Crippen LogP) is 19.7. The second-order valence-corrected chi connectivity index (χ2v) is 27.5. The molecule has 0 radical (unpaired) electrons. The molecule has 12 aromatic carbocycles. The van der Waals surface area contributed by atoms with Crippen molar-refractivity contribution in [2.75, 3.05) is 9.80 Å². The zero-order chi connectivity index (χ0) is 57.6. The number of benzene rings is 12. The van der Waals surface area contributed by atoms with Crippen molar-refractivity contribution in [3.05, 3.63) is 359 Å². The molecule has 2 atom stereocenters. The number of anilines is 6.